The van der Waals surface area contributed by atoms with Crippen LogP contribution in [0.1, 0.15) is 25.8 Å². The van der Waals surface area contributed by atoms with Crippen molar-refractivity contribution >= 4 is 27.5 Å². The third-order valence-corrected chi connectivity index (χ3v) is 4.28. The molecular weight excluding hydrogens is 275 g/mol. The minimum Gasteiger partial charge on any atom is -0.395 e. The Morgan fingerprint density at radius 1 is 1.40 bits per heavy atom. The summed E-state index contributed by atoms with van der Waals surface area (Å²) in [7, 11) is 0. The van der Waals surface area contributed by atoms with Gasteiger partial charge in [-0.1, -0.05) is 41.4 Å². The van der Waals surface area contributed by atoms with Crippen molar-refractivity contribution in [2.75, 3.05) is 6.61 Å². The van der Waals surface area contributed by atoms with Crippen LogP contribution in [0.4, 0.5) is 0 Å². The SMILES string of the molecule is CC1(C)CC1(CO)c1cc(Cl)cc(Br)c1. The molecule has 1 saturated carbocycles. The van der Waals surface area contributed by atoms with E-state index in [-0.39, 0.29) is 17.4 Å². The van der Waals surface area contributed by atoms with Crippen LogP contribution in [0.2, 0.25) is 5.02 Å². The monoisotopic (exact) mass is 288 g/mol. The predicted octanol–water partition coefficient (Wildman–Crippen LogP) is 3.76. The fourth-order valence-corrected chi connectivity index (χ4v) is 3.25. The molecule has 0 aliphatic heterocycles. The Kier molecular flexibility index (Phi) is 2.65. The van der Waals surface area contributed by atoms with Gasteiger partial charge in [-0.2, -0.15) is 0 Å². The average Bonchev–Trinajstić information content (AvgIpc) is 2.68. The molecule has 0 bridgehead atoms. The molecule has 15 heavy (non-hydrogen) atoms. The van der Waals surface area contributed by atoms with Gasteiger partial charge < -0.3 is 5.11 Å². The fourth-order valence-electron chi connectivity index (χ4n) is 2.39. The zero-order valence-corrected chi connectivity index (χ0v) is 11.2. The molecule has 0 amide bonds. The molecule has 1 atom stereocenters. The Bertz CT molecular complexity index is 382. The van der Waals surface area contributed by atoms with Gasteiger partial charge in [-0.15, -0.1) is 0 Å². The van der Waals surface area contributed by atoms with Gasteiger partial charge in [-0.05, 0) is 35.6 Å². The van der Waals surface area contributed by atoms with Crippen molar-refractivity contribution < 1.29 is 5.11 Å². The Labute approximate surface area is 104 Å². The van der Waals surface area contributed by atoms with Gasteiger partial charge in [0.25, 0.3) is 0 Å². The van der Waals surface area contributed by atoms with Crippen LogP contribution in [0, 0.1) is 5.41 Å². The van der Waals surface area contributed by atoms with E-state index in [0.717, 1.165) is 21.5 Å². The highest BCUT2D eigenvalue weighted by molar-refractivity contribution is 9.10. The van der Waals surface area contributed by atoms with Crippen molar-refractivity contribution in [2.45, 2.75) is 25.7 Å². The topological polar surface area (TPSA) is 20.2 Å². The lowest BCUT2D eigenvalue weighted by Gasteiger charge is -2.19. The highest BCUT2D eigenvalue weighted by Gasteiger charge is 2.61. The van der Waals surface area contributed by atoms with Crippen LogP contribution in [0.5, 0.6) is 0 Å². The van der Waals surface area contributed by atoms with E-state index in [2.05, 4.69) is 35.8 Å². The number of hydrogen-bond acceptors (Lipinski definition) is 1. The molecule has 0 spiro atoms. The van der Waals surface area contributed by atoms with Crippen LogP contribution in [0.15, 0.2) is 22.7 Å². The molecule has 1 aliphatic carbocycles. The average molecular weight is 290 g/mol. The molecule has 1 nitrogen and oxygen atoms in total. The lowest BCUT2D eigenvalue weighted by molar-refractivity contribution is 0.231. The van der Waals surface area contributed by atoms with E-state index in [9.17, 15) is 5.11 Å². The molecule has 1 aliphatic rings. The van der Waals surface area contributed by atoms with Gasteiger partial charge in [0.2, 0.25) is 0 Å². The van der Waals surface area contributed by atoms with E-state index >= 15 is 0 Å². The van der Waals surface area contributed by atoms with Crippen LogP contribution >= 0.6 is 27.5 Å². The molecule has 1 unspecified atom stereocenters. The number of benzene rings is 1. The van der Waals surface area contributed by atoms with E-state index < -0.39 is 0 Å². The molecule has 1 aromatic rings. The summed E-state index contributed by atoms with van der Waals surface area (Å²) in [6.07, 6.45) is 1.02. The summed E-state index contributed by atoms with van der Waals surface area (Å²) in [6.45, 7) is 4.54. The zero-order valence-electron chi connectivity index (χ0n) is 8.85. The molecule has 0 aromatic heterocycles. The number of rotatable bonds is 2. The molecule has 0 heterocycles. The highest BCUT2D eigenvalue weighted by Crippen LogP contribution is 2.64. The molecule has 1 N–H and O–H groups in total. The minimum absolute atomic E-state index is 0.0968. The number of halogens is 2. The van der Waals surface area contributed by atoms with E-state index in [4.69, 9.17) is 11.6 Å². The molecule has 1 aromatic carbocycles. The maximum atomic E-state index is 9.57. The predicted molar refractivity (Wildman–Crippen MR) is 66.3 cm³/mol. The summed E-state index contributed by atoms with van der Waals surface area (Å²) in [5, 5.41) is 10.3. The van der Waals surface area contributed by atoms with Crippen LogP contribution < -0.4 is 0 Å². The summed E-state index contributed by atoms with van der Waals surface area (Å²) >= 11 is 9.46. The molecule has 1 fully saturated rings. The molecular formula is C12H14BrClO. The lowest BCUT2D eigenvalue weighted by Crippen LogP contribution is -2.19. The van der Waals surface area contributed by atoms with Crippen molar-refractivity contribution in [1.29, 1.82) is 0 Å². The fraction of sp³-hybridized carbons (Fsp3) is 0.500. The first-order valence-electron chi connectivity index (χ1n) is 4.99. The Morgan fingerprint density at radius 3 is 2.40 bits per heavy atom. The van der Waals surface area contributed by atoms with Crippen molar-refractivity contribution in [3.63, 3.8) is 0 Å². The zero-order chi connectivity index (χ0) is 11.3. The van der Waals surface area contributed by atoms with Crippen LogP contribution in [-0.4, -0.2) is 11.7 Å². The van der Waals surface area contributed by atoms with Crippen molar-refractivity contribution in [2.24, 2.45) is 5.41 Å². The molecule has 0 radical (unpaired) electrons. The summed E-state index contributed by atoms with van der Waals surface area (Å²) in [6, 6.07) is 5.87. The Hall–Kier alpha value is -0.0500. The first kappa shape index (κ1) is 11.4. The first-order valence-corrected chi connectivity index (χ1v) is 6.16. The van der Waals surface area contributed by atoms with E-state index in [1.807, 2.05) is 12.1 Å². The Morgan fingerprint density at radius 2 is 2.00 bits per heavy atom. The third-order valence-electron chi connectivity index (χ3n) is 3.60. The van der Waals surface area contributed by atoms with Gasteiger partial charge in [0.1, 0.15) is 0 Å². The number of aliphatic hydroxyl groups excluding tert-OH is 1. The maximum Gasteiger partial charge on any atom is 0.0533 e. The minimum atomic E-state index is -0.0968. The highest BCUT2D eigenvalue weighted by atomic mass is 79.9. The first-order chi connectivity index (χ1) is 6.91. The third kappa shape index (κ3) is 1.73. The normalized spacial score (nSPS) is 27.8. The van der Waals surface area contributed by atoms with Crippen LogP contribution in [0.25, 0.3) is 0 Å². The van der Waals surface area contributed by atoms with Gasteiger partial charge >= 0.3 is 0 Å². The molecule has 2 rings (SSSR count). The largest absolute Gasteiger partial charge is 0.395 e. The smallest absolute Gasteiger partial charge is 0.0533 e. The maximum absolute atomic E-state index is 9.57. The summed E-state index contributed by atoms with van der Waals surface area (Å²) in [5.74, 6) is 0. The quantitative estimate of drug-likeness (QED) is 0.879. The lowest BCUT2D eigenvalue weighted by atomic mass is 9.89. The second-order valence-electron chi connectivity index (χ2n) is 4.96. The summed E-state index contributed by atoms with van der Waals surface area (Å²) in [5.41, 5.74) is 1.21. The van der Waals surface area contributed by atoms with Crippen molar-refractivity contribution in [1.82, 2.24) is 0 Å². The second kappa shape index (κ2) is 3.47. The van der Waals surface area contributed by atoms with Crippen LogP contribution in [-0.2, 0) is 5.41 Å². The summed E-state index contributed by atoms with van der Waals surface area (Å²) in [4.78, 5) is 0. The van der Waals surface area contributed by atoms with Gasteiger partial charge in [0.05, 0.1) is 6.61 Å². The Balaban J connectivity index is 2.46. The van der Waals surface area contributed by atoms with Crippen molar-refractivity contribution in [3.8, 4) is 0 Å². The van der Waals surface area contributed by atoms with E-state index in [1.165, 1.54) is 0 Å². The standard InChI is InChI=1S/C12H14BrClO/c1-11(2)6-12(11,7-15)8-3-9(13)5-10(14)4-8/h3-5,15H,6-7H2,1-2H3. The van der Waals surface area contributed by atoms with Gasteiger partial charge in [0.15, 0.2) is 0 Å². The van der Waals surface area contributed by atoms with Gasteiger partial charge in [-0.3, -0.25) is 0 Å². The molecule has 0 saturated heterocycles. The summed E-state index contributed by atoms with van der Waals surface area (Å²) < 4.78 is 0.973. The molecule has 3 heteroatoms. The molecule has 82 valence electrons. The second-order valence-corrected chi connectivity index (χ2v) is 6.31. The number of hydrogen-bond donors (Lipinski definition) is 1. The van der Waals surface area contributed by atoms with Gasteiger partial charge in [0, 0.05) is 14.9 Å². The van der Waals surface area contributed by atoms with E-state index in [0.29, 0.717) is 0 Å². The van der Waals surface area contributed by atoms with E-state index in [1.54, 1.807) is 0 Å². The number of aliphatic hydroxyl groups is 1. The van der Waals surface area contributed by atoms with Crippen molar-refractivity contribution in [3.05, 3.63) is 33.3 Å². The van der Waals surface area contributed by atoms with Crippen LogP contribution in [0.3, 0.4) is 0 Å². The van der Waals surface area contributed by atoms with Gasteiger partial charge in [-0.25, -0.2) is 0 Å².